The summed E-state index contributed by atoms with van der Waals surface area (Å²) >= 11 is 1.91. The molecule has 1 atom stereocenters. The third-order valence-electron chi connectivity index (χ3n) is 2.97. The van der Waals surface area contributed by atoms with Gasteiger partial charge in [-0.2, -0.15) is 11.8 Å². The first-order chi connectivity index (χ1) is 8.09. The van der Waals surface area contributed by atoms with Crippen LogP contribution in [0.15, 0.2) is 23.1 Å². The van der Waals surface area contributed by atoms with Crippen molar-refractivity contribution in [3.63, 3.8) is 0 Å². The number of carbonyl (C=O) groups excluding carboxylic acids is 1. The van der Waals surface area contributed by atoms with Gasteiger partial charge in [0, 0.05) is 23.6 Å². The number of rotatable bonds is 3. The molecule has 1 aliphatic rings. The largest absolute Gasteiger partial charge is 0.351 e. The van der Waals surface area contributed by atoms with Gasteiger partial charge in [0.25, 0.3) is 5.91 Å². The number of aromatic nitrogens is 1. The van der Waals surface area contributed by atoms with Crippen LogP contribution in [0.5, 0.6) is 0 Å². The lowest BCUT2D eigenvalue weighted by molar-refractivity contribution is 0.0949. The molecule has 1 amide bonds. The predicted octanol–water partition coefficient (Wildman–Crippen LogP) is 1.39. The third kappa shape index (κ3) is 3.12. The molecule has 5 heteroatoms. The highest BCUT2D eigenvalue weighted by atomic mass is 32.2. The Balaban J connectivity index is 1.93. The van der Waals surface area contributed by atoms with Crippen molar-refractivity contribution < 1.29 is 4.79 Å². The predicted molar refractivity (Wildman–Crippen MR) is 69.5 cm³/mol. The van der Waals surface area contributed by atoms with Gasteiger partial charge >= 0.3 is 0 Å². The zero-order valence-corrected chi connectivity index (χ0v) is 10.6. The highest BCUT2D eigenvalue weighted by Crippen LogP contribution is 2.36. The van der Waals surface area contributed by atoms with Crippen molar-refractivity contribution in [2.45, 2.75) is 24.5 Å². The summed E-state index contributed by atoms with van der Waals surface area (Å²) in [5, 5.41) is 2.92. The molecule has 2 N–H and O–H groups in total. The van der Waals surface area contributed by atoms with Crippen molar-refractivity contribution in [2.75, 3.05) is 12.3 Å². The van der Waals surface area contributed by atoms with Crippen LogP contribution >= 0.6 is 11.8 Å². The molecular formula is C12H16N2O2S. The molecule has 0 aromatic carbocycles. The van der Waals surface area contributed by atoms with Crippen LogP contribution < -0.4 is 10.9 Å². The fourth-order valence-electron chi connectivity index (χ4n) is 1.90. The van der Waals surface area contributed by atoms with Crippen LogP contribution in [0.2, 0.25) is 0 Å². The van der Waals surface area contributed by atoms with Crippen molar-refractivity contribution in [3.05, 3.63) is 34.2 Å². The number of pyridine rings is 1. The van der Waals surface area contributed by atoms with Gasteiger partial charge in [0.05, 0.1) is 5.56 Å². The molecular weight excluding hydrogens is 236 g/mol. The monoisotopic (exact) mass is 252 g/mol. The maximum absolute atomic E-state index is 11.8. The number of hydrogen-bond donors (Lipinski definition) is 2. The Bertz CT molecular complexity index is 443. The van der Waals surface area contributed by atoms with Crippen molar-refractivity contribution >= 4 is 17.7 Å². The Labute approximate surface area is 104 Å². The molecule has 17 heavy (non-hydrogen) atoms. The molecule has 1 saturated heterocycles. The van der Waals surface area contributed by atoms with Gasteiger partial charge in [-0.05, 0) is 31.6 Å². The minimum absolute atomic E-state index is 0.130. The fraction of sp³-hybridized carbons (Fsp3) is 0.500. The Kier molecular flexibility index (Phi) is 3.57. The van der Waals surface area contributed by atoms with E-state index in [4.69, 9.17) is 0 Å². The quantitative estimate of drug-likeness (QED) is 0.854. The lowest BCUT2D eigenvalue weighted by atomic mass is 10.1. The standard InChI is InChI=1S/C12H16N2O2S/c1-12(5-2-6-17-12)8-14-11(16)9-3-4-10(15)13-7-9/h3-4,7H,2,5-6,8H2,1H3,(H,13,15)(H,14,16). The minimum atomic E-state index is -0.195. The molecule has 2 heterocycles. The summed E-state index contributed by atoms with van der Waals surface area (Å²) in [6, 6.07) is 2.90. The highest BCUT2D eigenvalue weighted by molar-refractivity contribution is 8.00. The molecule has 1 fully saturated rings. The average molecular weight is 252 g/mol. The van der Waals surface area contributed by atoms with E-state index >= 15 is 0 Å². The number of thioether (sulfide) groups is 1. The minimum Gasteiger partial charge on any atom is -0.351 e. The Morgan fingerprint density at radius 3 is 3.00 bits per heavy atom. The molecule has 1 aromatic heterocycles. The van der Waals surface area contributed by atoms with Crippen molar-refractivity contribution in [1.29, 1.82) is 0 Å². The molecule has 4 nitrogen and oxygen atoms in total. The van der Waals surface area contributed by atoms with Crippen molar-refractivity contribution in [2.24, 2.45) is 0 Å². The molecule has 0 spiro atoms. The van der Waals surface area contributed by atoms with E-state index in [-0.39, 0.29) is 16.2 Å². The van der Waals surface area contributed by atoms with Gasteiger partial charge in [-0.15, -0.1) is 0 Å². The number of carbonyl (C=O) groups is 1. The van der Waals surface area contributed by atoms with Crippen LogP contribution in [0.1, 0.15) is 30.1 Å². The topological polar surface area (TPSA) is 62.0 Å². The van der Waals surface area contributed by atoms with Gasteiger partial charge in [-0.25, -0.2) is 0 Å². The van der Waals surface area contributed by atoms with Crippen LogP contribution in [-0.2, 0) is 0 Å². The van der Waals surface area contributed by atoms with Crippen LogP contribution in [0.4, 0.5) is 0 Å². The van der Waals surface area contributed by atoms with E-state index in [0.717, 1.165) is 6.42 Å². The fourth-order valence-corrected chi connectivity index (χ4v) is 3.14. The molecule has 0 saturated carbocycles. The molecule has 1 unspecified atom stereocenters. The second-order valence-electron chi connectivity index (χ2n) is 4.53. The lowest BCUT2D eigenvalue weighted by Crippen LogP contribution is -2.36. The van der Waals surface area contributed by atoms with Gasteiger partial charge in [0.1, 0.15) is 0 Å². The molecule has 2 rings (SSSR count). The Hall–Kier alpha value is -1.23. The average Bonchev–Trinajstić information content (AvgIpc) is 2.75. The molecule has 1 aromatic rings. The summed E-state index contributed by atoms with van der Waals surface area (Å²) in [6.07, 6.45) is 3.81. The van der Waals surface area contributed by atoms with Gasteiger partial charge in [0.15, 0.2) is 0 Å². The van der Waals surface area contributed by atoms with E-state index in [1.165, 1.54) is 30.5 Å². The van der Waals surface area contributed by atoms with E-state index < -0.39 is 0 Å². The summed E-state index contributed by atoms with van der Waals surface area (Å²) in [5.74, 6) is 1.04. The van der Waals surface area contributed by atoms with Crippen molar-refractivity contribution in [1.82, 2.24) is 10.3 Å². The van der Waals surface area contributed by atoms with Crippen LogP contribution in [0, 0.1) is 0 Å². The second-order valence-corrected chi connectivity index (χ2v) is 6.21. The van der Waals surface area contributed by atoms with Gasteiger partial charge in [-0.3, -0.25) is 9.59 Å². The van der Waals surface area contributed by atoms with E-state index in [1.54, 1.807) is 0 Å². The van der Waals surface area contributed by atoms with Crippen LogP contribution in [0.25, 0.3) is 0 Å². The van der Waals surface area contributed by atoms with Crippen LogP contribution in [-0.4, -0.2) is 27.9 Å². The first-order valence-corrected chi connectivity index (χ1v) is 6.69. The maximum atomic E-state index is 11.8. The summed E-state index contributed by atoms with van der Waals surface area (Å²) < 4.78 is 0.165. The van der Waals surface area contributed by atoms with E-state index in [2.05, 4.69) is 17.2 Å². The number of amides is 1. The Morgan fingerprint density at radius 1 is 1.59 bits per heavy atom. The molecule has 0 aliphatic carbocycles. The SMILES string of the molecule is CC1(CNC(=O)c2ccc(=O)[nH]c2)CCCS1. The molecule has 0 radical (unpaired) electrons. The summed E-state index contributed by atoms with van der Waals surface area (Å²) in [7, 11) is 0. The number of aromatic amines is 1. The van der Waals surface area contributed by atoms with Gasteiger partial charge < -0.3 is 10.3 Å². The normalized spacial score (nSPS) is 23.6. The van der Waals surface area contributed by atoms with Gasteiger partial charge in [0.2, 0.25) is 5.56 Å². The highest BCUT2D eigenvalue weighted by Gasteiger charge is 2.29. The first-order valence-electron chi connectivity index (χ1n) is 5.70. The molecule has 1 aliphatic heterocycles. The number of hydrogen-bond acceptors (Lipinski definition) is 3. The van der Waals surface area contributed by atoms with E-state index in [0.29, 0.717) is 12.1 Å². The maximum Gasteiger partial charge on any atom is 0.252 e. The number of nitrogens with one attached hydrogen (secondary N) is 2. The summed E-state index contributed by atoms with van der Waals surface area (Å²) in [4.78, 5) is 25.2. The summed E-state index contributed by atoms with van der Waals surface area (Å²) in [5.41, 5.74) is 0.302. The smallest absolute Gasteiger partial charge is 0.252 e. The number of H-pyrrole nitrogens is 1. The lowest BCUT2D eigenvalue weighted by Gasteiger charge is -2.22. The summed E-state index contributed by atoms with van der Waals surface area (Å²) in [6.45, 7) is 2.85. The van der Waals surface area contributed by atoms with Gasteiger partial charge in [-0.1, -0.05) is 0 Å². The third-order valence-corrected chi connectivity index (χ3v) is 4.51. The van der Waals surface area contributed by atoms with Crippen molar-refractivity contribution in [3.8, 4) is 0 Å². The Morgan fingerprint density at radius 2 is 2.41 bits per heavy atom. The molecule has 92 valence electrons. The zero-order valence-electron chi connectivity index (χ0n) is 9.79. The second kappa shape index (κ2) is 4.96. The van der Waals surface area contributed by atoms with E-state index in [1.807, 2.05) is 11.8 Å². The zero-order chi connectivity index (χ0) is 12.3. The molecule has 0 bridgehead atoms. The van der Waals surface area contributed by atoms with Crippen LogP contribution in [0.3, 0.4) is 0 Å². The van der Waals surface area contributed by atoms with E-state index in [9.17, 15) is 9.59 Å². The first kappa shape index (κ1) is 12.2.